The molecule has 0 saturated carbocycles. The topological polar surface area (TPSA) is 41.6 Å². The number of nitrogens with zero attached hydrogens (tertiary/aromatic N) is 2. The molecule has 0 unspecified atom stereocenters. The Bertz CT molecular complexity index is 628. The first kappa shape index (κ1) is 11.0. The second kappa shape index (κ2) is 4.63. The summed E-state index contributed by atoms with van der Waals surface area (Å²) in [4.78, 5) is 2.98. The van der Waals surface area contributed by atoms with Crippen molar-refractivity contribution in [2.24, 2.45) is 0 Å². The van der Waals surface area contributed by atoms with Crippen LogP contribution in [0.3, 0.4) is 0 Å². The molecular weight excluding hydrogens is 246 g/mol. The molecule has 3 rings (SSSR count). The maximum Gasteiger partial charge on any atom is 0.161 e. The van der Waals surface area contributed by atoms with Gasteiger partial charge in [0, 0.05) is 10.6 Å². The van der Waals surface area contributed by atoms with Crippen LogP contribution in [0.1, 0.15) is 0 Å². The fourth-order valence-electron chi connectivity index (χ4n) is 1.81. The van der Waals surface area contributed by atoms with Crippen LogP contribution in [0.2, 0.25) is 5.02 Å². The molecule has 0 spiro atoms. The number of halogens is 1. The van der Waals surface area contributed by atoms with E-state index in [0.29, 0.717) is 0 Å². The van der Waals surface area contributed by atoms with E-state index in [4.69, 9.17) is 11.6 Å². The molecule has 0 fully saturated rings. The maximum atomic E-state index is 5.87. The zero-order valence-corrected chi connectivity index (χ0v) is 10.2. The zero-order valence-electron chi connectivity index (χ0n) is 9.47. The highest BCUT2D eigenvalue weighted by Crippen LogP contribution is 2.24. The van der Waals surface area contributed by atoms with Crippen LogP contribution in [0.15, 0.2) is 54.9 Å². The Morgan fingerprint density at radius 1 is 0.778 bits per heavy atom. The van der Waals surface area contributed by atoms with Crippen molar-refractivity contribution in [3.8, 4) is 22.5 Å². The summed E-state index contributed by atoms with van der Waals surface area (Å²) in [6.07, 6.45) is 1.57. The lowest BCUT2D eigenvalue weighted by atomic mass is 10.0. The molecule has 1 heterocycles. The average molecular weight is 256 g/mol. The molecule has 1 N–H and O–H groups in total. The van der Waals surface area contributed by atoms with E-state index in [1.54, 1.807) is 6.33 Å². The fraction of sp³-hybridized carbons (Fsp3) is 0. The molecule has 1 aromatic heterocycles. The van der Waals surface area contributed by atoms with Gasteiger partial charge in [-0.15, -0.1) is 10.2 Å². The molecule has 0 aliphatic rings. The van der Waals surface area contributed by atoms with Crippen molar-refractivity contribution in [1.29, 1.82) is 0 Å². The third kappa shape index (κ3) is 2.13. The van der Waals surface area contributed by atoms with Crippen LogP contribution < -0.4 is 0 Å². The number of nitrogens with one attached hydrogen (secondary N) is 1. The van der Waals surface area contributed by atoms with Gasteiger partial charge in [0.25, 0.3) is 0 Å². The van der Waals surface area contributed by atoms with Crippen LogP contribution >= 0.6 is 11.6 Å². The summed E-state index contributed by atoms with van der Waals surface area (Å²) in [6.45, 7) is 0. The van der Waals surface area contributed by atoms with Gasteiger partial charge in [0.15, 0.2) is 5.82 Å². The van der Waals surface area contributed by atoms with E-state index in [9.17, 15) is 0 Å². The van der Waals surface area contributed by atoms with Crippen molar-refractivity contribution in [1.82, 2.24) is 15.2 Å². The van der Waals surface area contributed by atoms with Gasteiger partial charge in [0.05, 0.1) is 0 Å². The van der Waals surface area contributed by atoms with Crippen molar-refractivity contribution in [2.45, 2.75) is 0 Å². The number of H-pyrrole nitrogens is 1. The maximum absolute atomic E-state index is 5.87. The SMILES string of the molecule is Clc1ccc(-c2ccc(-c3nnc[nH]3)cc2)cc1. The van der Waals surface area contributed by atoms with Gasteiger partial charge in [-0.25, -0.2) is 0 Å². The zero-order chi connectivity index (χ0) is 12.4. The van der Waals surface area contributed by atoms with Gasteiger partial charge in [-0.2, -0.15) is 0 Å². The smallest absolute Gasteiger partial charge is 0.161 e. The van der Waals surface area contributed by atoms with Crippen LogP contribution in [0.4, 0.5) is 0 Å². The highest BCUT2D eigenvalue weighted by molar-refractivity contribution is 6.30. The number of hydrogen-bond acceptors (Lipinski definition) is 2. The average Bonchev–Trinajstić information content (AvgIpc) is 2.94. The minimum atomic E-state index is 0.747. The predicted octanol–water partition coefficient (Wildman–Crippen LogP) is 3.79. The van der Waals surface area contributed by atoms with Crippen LogP contribution in [0.5, 0.6) is 0 Å². The second-order valence-electron chi connectivity index (χ2n) is 3.92. The minimum absolute atomic E-state index is 0.747. The second-order valence-corrected chi connectivity index (χ2v) is 4.36. The van der Waals surface area contributed by atoms with Crippen LogP contribution in [-0.4, -0.2) is 15.2 Å². The normalized spacial score (nSPS) is 10.5. The Labute approximate surface area is 109 Å². The van der Waals surface area contributed by atoms with Gasteiger partial charge in [0.2, 0.25) is 0 Å². The van der Waals surface area contributed by atoms with Gasteiger partial charge in [-0.1, -0.05) is 48.0 Å². The van der Waals surface area contributed by atoms with Crippen LogP contribution in [0.25, 0.3) is 22.5 Å². The number of rotatable bonds is 2. The third-order valence-corrected chi connectivity index (χ3v) is 3.00. The van der Waals surface area contributed by atoms with Crippen LogP contribution in [-0.2, 0) is 0 Å². The van der Waals surface area contributed by atoms with Gasteiger partial charge >= 0.3 is 0 Å². The first-order chi connectivity index (χ1) is 8.83. The van der Waals surface area contributed by atoms with E-state index in [1.807, 2.05) is 36.4 Å². The summed E-state index contributed by atoms with van der Waals surface area (Å²) in [5, 5.41) is 8.49. The standard InChI is InChI=1S/C14H10ClN3/c15-13-7-5-11(6-8-13)10-1-3-12(4-2-10)14-16-9-17-18-14/h1-9H,(H,16,17,18). The van der Waals surface area contributed by atoms with Gasteiger partial charge < -0.3 is 4.98 Å². The van der Waals surface area contributed by atoms with Crippen molar-refractivity contribution >= 4 is 11.6 Å². The lowest BCUT2D eigenvalue weighted by Crippen LogP contribution is -1.82. The van der Waals surface area contributed by atoms with Gasteiger partial charge in [-0.3, -0.25) is 0 Å². The molecule has 3 aromatic rings. The Balaban J connectivity index is 1.94. The molecule has 0 atom stereocenters. The molecule has 0 saturated heterocycles. The number of benzene rings is 2. The van der Waals surface area contributed by atoms with E-state index in [1.165, 1.54) is 0 Å². The molecule has 4 heteroatoms. The first-order valence-electron chi connectivity index (χ1n) is 5.55. The molecule has 18 heavy (non-hydrogen) atoms. The summed E-state index contributed by atoms with van der Waals surface area (Å²) in [7, 11) is 0. The predicted molar refractivity (Wildman–Crippen MR) is 72.3 cm³/mol. The first-order valence-corrected chi connectivity index (χ1v) is 5.93. The Kier molecular flexibility index (Phi) is 2.82. The molecule has 0 radical (unpaired) electrons. The fourth-order valence-corrected chi connectivity index (χ4v) is 1.94. The van der Waals surface area contributed by atoms with Crippen molar-refractivity contribution in [2.75, 3.05) is 0 Å². The lowest BCUT2D eigenvalue weighted by Gasteiger charge is -2.03. The summed E-state index contributed by atoms with van der Waals surface area (Å²) in [6, 6.07) is 15.9. The van der Waals surface area contributed by atoms with E-state index in [0.717, 1.165) is 27.5 Å². The molecule has 3 nitrogen and oxygen atoms in total. The summed E-state index contributed by atoms with van der Waals surface area (Å²) < 4.78 is 0. The minimum Gasteiger partial charge on any atom is -0.328 e. The van der Waals surface area contributed by atoms with E-state index < -0.39 is 0 Å². The third-order valence-electron chi connectivity index (χ3n) is 2.75. The highest BCUT2D eigenvalue weighted by Gasteiger charge is 2.02. The molecule has 2 aromatic carbocycles. The summed E-state index contributed by atoms with van der Waals surface area (Å²) >= 11 is 5.87. The Morgan fingerprint density at radius 2 is 1.33 bits per heavy atom. The van der Waals surface area contributed by atoms with Crippen molar-refractivity contribution < 1.29 is 0 Å². The molecular formula is C14H10ClN3. The molecule has 0 amide bonds. The van der Waals surface area contributed by atoms with Crippen molar-refractivity contribution in [3.05, 3.63) is 59.9 Å². The molecule has 0 bridgehead atoms. The molecule has 0 aliphatic heterocycles. The highest BCUT2D eigenvalue weighted by atomic mass is 35.5. The van der Waals surface area contributed by atoms with Gasteiger partial charge in [0.1, 0.15) is 6.33 Å². The Hall–Kier alpha value is -2.13. The lowest BCUT2D eigenvalue weighted by molar-refractivity contribution is 1.10. The number of hydrogen-bond donors (Lipinski definition) is 1. The van der Waals surface area contributed by atoms with Crippen LogP contribution in [0, 0.1) is 0 Å². The quantitative estimate of drug-likeness (QED) is 0.757. The summed E-state index contributed by atoms with van der Waals surface area (Å²) in [5.74, 6) is 0.776. The summed E-state index contributed by atoms with van der Waals surface area (Å²) in [5.41, 5.74) is 3.31. The molecule has 0 aliphatic carbocycles. The van der Waals surface area contributed by atoms with E-state index in [2.05, 4.69) is 27.3 Å². The Morgan fingerprint density at radius 3 is 1.89 bits per heavy atom. The number of aromatic nitrogens is 3. The van der Waals surface area contributed by atoms with E-state index in [-0.39, 0.29) is 0 Å². The van der Waals surface area contributed by atoms with E-state index >= 15 is 0 Å². The van der Waals surface area contributed by atoms with Gasteiger partial charge in [-0.05, 0) is 23.3 Å². The van der Waals surface area contributed by atoms with Crippen molar-refractivity contribution in [3.63, 3.8) is 0 Å². The molecule has 88 valence electrons. The number of aromatic amines is 1. The monoisotopic (exact) mass is 255 g/mol. The largest absolute Gasteiger partial charge is 0.328 e.